The lowest BCUT2D eigenvalue weighted by atomic mass is 10.2. The Morgan fingerprint density at radius 2 is 1.78 bits per heavy atom. The Hall–Kier alpha value is -0.770. The Morgan fingerprint density at radius 1 is 1.22 bits per heavy atom. The van der Waals surface area contributed by atoms with Gasteiger partial charge in [0.05, 0.1) is 5.56 Å². The number of benzene rings is 1. The van der Waals surface area contributed by atoms with E-state index in [0.717, 1.165) is 19.6 Å². The normalized spacial score (nSPS) is 10.0. The van der Waals surface area contributed by atoms with Crippen molar-refractivity contribution in [1.29, 1.82) is 0 Å². The predicted octanol–water partition coefficient (Wildman–Crippen LogP) is -0.157. The maximum Gasteiger partial charge on any atom is 0.338 e. The minimum Gasteiger partial charge on any atom is -1.00 e. The maximum atomic E-state index is 11.6. The van der Waals surface area contributed by atoms with Gasteiger partial charge in [0.1, 0.15) is 6.61 Å². The van der Waals surface area contributed by atoms with E-state index in [1.54, 1.807) is 24.3 Å². The molecule has 0 heterocycles. The van der Waals surface area contributed by atoms with E-state index in [4.69, 9.17) is 16.3 Å². The summed E-state index contributed by atoms with van der Waals surface area (Å²) < 4.78 is 5.18. The molecule has 1 rings (SSSR count). The molecule has 5 heteroatoms. The number of hydrogen-bond donors (Lipinski definition) is 0. The van der Waals surface area contributed by atoms with E-state index in [9.17, 15) is 4.79 Å². The minimum absolute atomic E-state index is 0. The number of esters is 1. The molecule has 0 aromatic heterocycles. The largest absolute Gasteiger partial charge is 1.00 e. The quantitative estimate of drug-likeness (QED) is 0.682. The lowest BCUT2D eigenvalue weighted by molar-refractivity contribution is -0.0000223. The molecule has 0 aliphatic heterocycles. The van der Waals surface area contributed by atoms with Crippen LogP contribution >= 0.6 is 11.6 Å². The average molecular weight is 291 g/mol. The minimum atomic E-state index is -0.297. The fourth-order valence-corrected chi connectivity index (χ4v) is 1.60. The summed E-state index contributed by atoms with van der Waals surface area (Å²) in [6, 6.07) is 6.70. The molecule has 0 aliphatic rings. The topological polar surface area (TPSA) is 29.5 Å². The van der Waals surface area contributed by atoms with E-state index in [0.29, 0.717) is 17.2 Å². The third-order valence-corrected chi connectivity index (χ3v) is 2.87. The lowest BCUT2D eigenvalue weighted by Gasteiger charge is -2.17. The highest BCUT2D eigenvalue weighted by molar-refractivity contribution is 6.30. The van der Waals surface area contributed by atoms with Gasteiger partial charge in [-0.05, 0) is 37.4 Å². The molecule has 0 unspecified atom stereocenters. The third-order valence-electron chi connectivity index (χ3n) is 2.62. The average Bonchev–Trinajstić information content (AvgIpc) is 2.35. The van der Waals surface area contributed by atoms with E-state index < -0.39 is 0 Å². The molecular weight excluding hydrogens is 273 g/mol. The van der Waals surface area contributed by atoms with Crippen LogP contribution in [-0.2, 0) is 4.74 Å². The summed E-state index contributed by atoms with van der Waals surface area (Å²) in [5.74, 6) is -0.297. The molecule has 0 aliphatic carbocycles. The lowest BCUT2D eigenvalue weighted by Crippen LogP contribution is -3.00. The Labute approximate surface area is 119 Å². The Balaban J connectivity index is 0.00000289. The van der Waals surface area contributed by atoms with Crippen molar-refractivity contribution in [3.05, 3.63) is 34.9 Å². The van der Waals surface area contributed by atoms with Crippen molar-refractivity contribution >= 4 is 17.6 Å². The molecule has 18 heavy (non-hydrogen) atoms. The van der Waals surface area contributed by atoms with Gasteiger partial charge in [-0.1, -0.05) is 25.4 Å². The van der Waals surface area contributed by atoms with Crippen LogP contribution < -0.4 is 12.4 Å². The van der Waals surface area contributed by atoms with Crippen molar-refractivity contribution < 1.29 is 21.9 Å². The van der Waals surface area contributed by atoms with Gasteiger partial charge in [0.2, 0.25) is 0 Å². The number of likely N-dealkylation sites (N-methyl/N-ethyl adjacent to an activating group) is 1. The second-order valence-corrected chi connectivity index (χ2v) is 4.11. The maximum absolute atomic E-state index is 11.6. The summed E-state index contributed by atoms with van der Waals surface area (Å²) in [5, 5.41) is 0.615. The summed E-state index contributed by atoms with van der Waals surface area (Å²) >= 11 is 5.74. The smallest absolute Gasteiger partial charge is 0.338 e. The van der Waals surface area contributed by atoms with Gasteiger partial charge in [0.25, 0.3) is 0 Å². The summed E-state index contributed by atoms with van der Waals surface area (Å²) in [6.45, 7) is 7.30. The molecule has 0 saturated heterocycles. The van der Waals surface area contributed by atoms with E-state index >= 15 is 0 Å². The number of rotatable bonds is 6. The number of ether oxygens (including phenoxy) is 1. The van der Waals surface area contributed by atoms with Gasteiger partial charge in [-0.25, -0.2) is 4.79 Å². The van der Waals surface area contributed by atoms with Gasteiger partial charge in [-0.3, -0.25) is 0 Å². The zero-order valence-corrected chi connectivity index (χ0v) is 12.2. The zero-order valence-electron chi connectivity index (χ0n) is 10.7. The first-order chi connectivity index (χ1) is 8.17. The molecule has 0 bridgehead atoms. The van der Waals surface area contributed by atoms with Gasteiger partial charge < -0.3 is 22.0 Å². The van der Waals surface area contributed by atoms with Crippen LogP contribution in [-0.4, -0.2) is 37.1 Å². The van der Waals surface area contributed by atoms with Crippen LogP contribution in [0.4, 0.5) is 0 Å². The zero-order chi connectivity index (χ0) is 12.7. The van der Waals surface area contributed by atoms with Crippen LogP contribution in [0.2, 0.25) is 5.02 Å². The van der Waals surface area contributed by atoms with Crippen molar-refractivity contribution in [2.45, 2.75) is 13.8 Å². The van der Waals surface area contributed by atoms with Crippen molar-refractivity contribution in [3.63, 3.8) is 0 Å². The fraction of sp³-hybridized carbons (Fsp3) is 0.462. The number of halogens is 2. The van der Waals surface area contributed by atoms with Gasteiger partial charge in [-0.2, -0.15) is 0 Å². The molecule has 0 radical (unpaired) electrons. The standard InChI is InChI=1S/C13H18ClNO2.ClH/c1-3-15(4-2)9-10-17-13(16)11-5-7-12(14)8-6-11;/h5-8H,3-4,9-10H2,1-2H3;1H/p-1. The van der Waals surface area contributed by atoms with Crippen molar-refractivity contribution in [3.8, 4) is 0 Å². The van der Waals surface area contributed by atoms with Crippen molar-refractivity contribution in [1.82, 2.24) is 4.90 Å². The van der Waals surface area contributed by atoms with E-state index in [1.807, 2.05) is 0 Å². The van der Waals surface area contributed by atoms with E-state index in [-0.39, 0.29) is 18.4 Å². The molecule has 0 N–H and O–H groups in total. The van der Waals surface area contributed by atoms with Crippen molar-refractivity contribution in [2.24, 2.45) is 0 Å². The SMILES string of the molecule is CCN(CC)CCOC(=O)c1ccc(Cl)cc1.[Cl-]. The molecule has 0 atom stereocenters. The van der Waals surface area contributed by atoms with Crippen LogP contribution in [0.5, 0.6) is 0 Å². The number of hydrogen-bond acceptors (Lipinski definition) is 3. The molecule has 1 aromatic rings. The summed E-state index contributed by atoms with van der Waals surface area (Å²) in [7, 11) is 0. The van der Waals surface area contributed by atoms with Crippen LogP contribution in [0.3, 0.4) is 0 Å². The second-order valence-electron chi connectivity index (χ2n) is 3.67. The number of nitrogens with zero attached hydrogens (tertiary/aromatic N) is 1. The van der Waals surface area contributed by atoms with E-state index in [1.165, 1.54) is 0 Å². The van der Waals surface area contributed by atoms with Gasteiger partial charge in [-0.15, -0.1) is 0 Å². The van der Waals surface area contributed by atoms with Crippen molar-refractivity contribution in [2.75, 3.05) is 26.2 Å². The molecule has 102 valence electrons. The monoisotopic (exact) mass is 290 g/mol. The van der Waals surface area contributed by atoms with Crippen LogP contribution in [0.25, 0.3) is 0 Å². The van der Waals surface area contributed by atoms with Crippen LogP contribution in [0, 0.1) is 0 Å². The highest BCUT2D eigenvalue weighted by atomic mass is 35.5. The molecule has 1 aromatic carbocycles. The predicted molar refractivity (Wildman–Crippen MR) is 69.5 cm³/mol. The second kappa shape index (κ2) is 9.20. The Bertz CT molecular complexity index is 351. The van der Waals surface area contributed by atoms with Gasteiger partial charge >= 0.3 is 5.97 Å². The Morgan fingerprint density at radius 3 is 2.28 bits per heavy atom. The number of carbonyl (C=O) groups excluding carboxylic acids is 1. The van der Waals surface area contributed by atoms with Crippen LogP contribution in [0.15, 0.2) is 24.3 Å². The molecule has 3 nitrogen and oxygen atoms in total. The first-order valence-corrected chi connectivity index (χ1v) is 6.20. The molecule has 0 fully saturated rings. The highest BCUT2D eigenvalue weighted by Gasteiger charge is 2.07. The number of carbonyl (C=O) groups is 1. The highest BCUT2D eigenvalue weighted by Crippen LogP contribution is 2.10. The first kappa shape index (κ1) is 17.2. The van der Waals surface area contributed by atoms with Gasteiger partial charge in [0.15, 0.2) is 0 Å². The van der Waals surface area contributed by atoms with E-state index in [2.05, 4.69) is 18.7 Å². The summed E-state index contributed by atoms with van der Waals surface area (Å²) in [4.78, 5) is 13.8. The molecule has 0 spiro atoms. The third kappa shape index (κ3) is 5.71. The summed E-state index contributed by atoms with van der Waals surface area (Å²) in [6.07, 6.45) is 0. The summed E-state index contributed by atoms with van der Waals surface area (Å²) in [5.41, 5.74) is 0.536. The fourth-order valence-electron chi connectivity index (χ4n) is 1.48. The Kier molecular flexibility index (Phi) is 8.81. The molecule has 0 amide bonds. The van der Waals surface area contributed by atoms with Gasteiger partial charge in [0, 0.05) is 11.6 Å². The van der Waals surface area contributed by atoms with Crippen LogP contribution in [0.1, 0.15) is 24.2 Å². The first-order valence-electron chi connectivity index (χ1n) is 5.82. The molecular formula is C13H18Cl2NO2-. The molecule has 0 saturated carbocycles.